The maximum absolute atomic E-state index is 10.2. The van der Waals surface area contributed by atoms with Gasteiger partial charge in [-0.05, 0) is 12.8 Å². The zero-order valence-corrected chi connectivity index (χ0v) is 19.8. The van der Waals surface area contributed by atoms with Gasteiger partial charge in [0.1, 0.15) is 0 Å². The van der Waals surface area contributed by atoms with Crippen molar-refractivity contribution in [2.75, 3.05) is 23.0 Å². The number of hydrogen-bond donors (Lipinski definition) is 0. The Morgan fingerprint density at radius 3 is 1.22 bits per heavy atom. The minimum absolute atomic E-state index is 0. The van der Waals surface area contributed by atoms with E-state index in [1.54, 1.807) is 0 Å². The van der Waals surface area contributed by atoms with Gasteiger partial charge in [0.25, 0.3) is 0 Å². The van der Waals surface area contributed by atoms with Crippen LogP contribution < -0.4 is 103 Å². The van der Waals surface area contributed by atoms with E-state index in [2.05, 4.69) is 0 Å². The first-order chi connectivity index (χ1) is 7.21. The number of hydrogen-bond acceptors (Lipinski definition) is 8. The van der Waals surface area contributed by atoms with Crippen molar-refractivity contribution in [3.63, 3.8) is 0 Å². The summed E-state index contributed by atoms with van der Waals surface area (Å²) in [5.74, 6) is 0.261. The smallest absolute Gasteiger partial charge is 0.748 e. The number of rotatable bonds is 9. The summed E-state index contributed by atoms with van der Waals surface area (Å²) in [7, 11) is -5.55. The first-order valence-electron chi connectivity index (χ1n) is 4.32. The van der Waals surface area contributed by atoms with Crippen LogP contribution in [0.5, 0.6) is 0 Å². The first-order valence-corrected chi connectivity index (χ1v) is 9.96. The average molecular weight is 387 g/mol. The van der Waals surface area contributed by atoms with Gasteiger partial charge in [-0.3, -0.25) is 0 Å². The molecule has 0 N–H and O–H groups in total. The van der Waals surface area contributed by atoms with Crippen LogP contribution in [0.25, 0.3) is 0 Å². The van der Waals surface area contributed by atoms with Crippen molar-refractivity contribution >= 4 is 41.8 Å². The molecule has 6 nitrogen and oxygen atoms in total. The molecule has 0 aromatic carbocycles. The second kappa shape index (κ2) is 14.4. The van der Waals surface area contributed by atoms with Gasteiger partial charge in [-0.25, -0.2) is 16.8 Å². The summed E-state index contributed by atoms with van der Waals surface area (Å²) in [6.45, 7) is 0. The third-order valence-electron chi connectivity index (χ3n) is 1.33. The molecule has 0 saturated carbocycles. The molecular formula is C6H12K2O6S4. The van der Waals surface area contributed by atoms with Crippen LogP contribution in [-0.4, -0.2) is 49.0 Å². The van der Waals surface area contributed by atoms with E-state index in [1.807, 2.05) is 0 Å². The Labute approximate surface area is 201 Å². The fraction of sp³-hybridized carbons (Fsp3) is 1.00. The van der Waals surface area contributed by atoms with E-state index in [0.717, 1.165) is 0 Å². The average Bonchev–Trinajstić information content (AvgIpc) is 2.06. The third-order valence-corrected chi connectivity index (χ3v) is 5.48. The third kappa shape index (κ3) is 24.8. The Bertz CT molecular complexity index is 343. The Morgan fingerprint density at radius 2 is 1.00 bits per heavy atom. The van der Waals surface area contributed by atoms with E-state index in [1.165, 1.54) is 21.6 Å². The minimum Gasteiger partial charge on any atom is -0.748 e. The van der Waals surface area contributed by atoms with Gasteiger partial charge in [-0.15, -0.1) is 0 Å². The predicted molar refractivity (Wildman–Crippen MR) is 63.3 cm³/mol. The van der Waals surface area contributed by atoms with Gasteiger partial charge in [0.2, 0.25) is 0 Å². The molecule has 0 radical (unpaired) electrons. The van der Waals surface area contributed by atoms with Gasteiger partial charge >= 0.3 is 103 Å². The Balaban J connectivity index is -0.00000112. The molecule has 0 saturated heterocycles. The molecule has 98 valence electrons. The van der Waals surface area contributed by atoms with Gasteiger partial charge in [0.05, 0.1) is 20.2 Å². The molecule has 0 fully saturated rings. The SMILES string of the molecule is O=S(=O)([O-])CCCSSCCCS(=O)(=O)[O-].[K+].[K+]. The maximum Gasteiger partial charge on any atom is 1.00 e. The summed E-state index contributed by atoms with van der Waals surface area (Å²) < 4.78 is 61.2. The molecular weight excluding hydrogens is 375 g/mol. The van der Waals surface area contributed by atoms with Crippen molar-refractivity contribution in [1.29, 1.82) is 0 Å². The van der Waals surface area contributed by atoms with Crippen molar-refractivity contribution in [2.45, 2.75) is 12.8 Å². The predicted octanol–water partition coefficient (Wildman–Crippen LogP) is -5.75. The van der Waals surface area contributed by atoms with Crippen molar-refractivity contribution in [3.05, 3.63) is 0 Å². The van der Waals surface area contributed by atoms with Crippen LogP contribution in [0.4, 0.5) is 0 Å². The molecule has 0 amide bonds. The first kappa shape index (κ1) is 26.7. The van der Waals surface area contributed by atoms with Gasteiger partial charge in [0.15, 0.2) is 0 Å². The molecule has 0 rings (SSSR count). The second-order valence-corrected chi connectivity index (χ2v) is 8.62. The Morgan fingerprint density at radius 1 is 0.722 bits per heavy atom. The normalized spacial score (nSPS) is 11.4. The van der Waals surface area contributed by atoms with Crippen molar-refractivity contribution < 1.29 is 129 Å². The molecule has 0 aromatic rings. The van der Waals surface area contributed by atoms with E-state index >= 15 is 0 Å². The van der Waals surface area contributed by atoms with E-state index < -0.39 is 20.2 Å². The fourth-order valence-corrected chi connectivity index (χ4v) is 4.24. The zero-order chi connectivity index (χ0) is 12.7. The van der Waals surface area contributed by atoms with Crippen LogP contribution in [0.15, 0.2) is 0 Å². The maximum atomic E-state index is 10.2. The van der Waals surface area contributed by atoms with Gasteiger partial charge in [-0.1, -0.05) is 21.6 Å². The van der Waals surface area contributed by atoms with Crippen LogP contribution in [0.2, 0.25) is 0 Å². The Kier molecular flexibility index (Phi) is 21.3. The quantitative estimate of drug-likeness (QED) is 0.167. The minimum atomic E-state index is -4.13. The van der Waals surface area contributed by atoms with Crippen LogP contribution in [0.1, 0.15) is 12.8 Å². The standard InChI is InChI=1S/C6H14O6S4.2K/c7-15(8,9)5-1-3-13-14-4-2-6-16(10,11)12;;/h1-6H2,(H,7,8,9)(H,10,11,12);;/q;2*+1/p-2. The van der Waals surface area contributed by atoms with Gasteiger partial charge in [0, 0.05) is 23.0 Å². The zero-order valence-electron chi connectivity index (χ0n) is 10.3. The molecule has 0 unspecified atom stereocenters. The molecule has 0 aromatic heterocycles. The summed E-state index contributed by atoms with van der Waals surface area (Å²) >= 11 is 0. The molecule has 0 heterocycles. The van der Waals surface area contributed by atoms with Crippen LogP contribution in [-0.2, 0) is 20.2 Å². The van der Waals surface area contributed by atoms with Crippen LogP contribution in [0, 0.1) is 0 Å². The van der Waals surface area contributed by atoms with Crippen LogP contribution in [0.3, 0.4) is 0 Å². The molecule has 0 atom stereocenters. The summed E-state index contributed by atoms with van der Waals surface area (Å²) in [5, 5.41) is 0. The van der Waals surface area contributed by atoms with E-state index in [0.29, 0.717) is 11.5 Å². The topological polar surface area (TPSA) is 114 Å². The van der Waals surface area contributed by atoms with Gasteiger partial charge < -0.3 is 9.11 Å². The Hall–Kier alpha value is 3.79. The van der Waals surface area contributed by atoms with Crippen molar-refractivity contribution in [1.82, 2.24) is 0 Å². The monoisotopic (exact) mass is 386 g/mol. The summed E-state index contributed by atoms with van der Waals surface area (Å²) in [5.41, 5.74) is 0. The van der Waals surface area contributed by atoms with E-state index in [4.69, 9.17) is 0 Å². The molecule has 0 bridgehead atoms. The second-order valence-electron chi connectivity index (χ2n) is 2.87. The van der Waals surface area contributed by atoms with Gasteiger partial charge in [-0.2, -0.15) is 0 Å². The summed E-state index contributed by atoms with van der Waals surface area (Å²) in [6, 6.07) is 0. The molecule has 18 heavy (non-hydrogen) atoms. The van der Waals surface area contributed by atoms with E-state index in [9.17, 15) is 25.9 Å². The molecule has 12 heteroatoms. The molecule has 0 aliphatic rings. The molecule has 0 aliphatic heterocycles. The van der Waals surface area contributed by atoms with Crippen molar-refractivity contribution in [2.24, 2.45) is 0 Å². The molecule has 0 spiro atoms. The van der Waals surface area contributed by atoms with E-state index in [-0.39, 0.29) is 127 Å². The summed E-state index contributed by atoms with van der Waals surface area (Å²) in [6.07, 6.45) is 0.562. The largest absolute Gasteiger partial charge is 1.00 e. The van der Waals surface area contributed by atoms with Crippen molar-refractivity contribution in [3.8, 4) is 0 Å². The molecule has 0 aliphatic carbocycles. The summed E-state index contributed by atoms with van der Waals surface area (Å²) in [4.78, 5) is 0. The fourth-order valence-electron chi connectivity index (χ4n) is 0.707. The van der Waals surface area contributed by atoms with Crippen LogP contribution >= 0.6 is 21.6 Å².